The lowest BCUT2D eigenvalue weighted by molar-refractivity contribution is 0.0717. The quantitative estimate of drug-likeness (QED) is 0.587. The first kappa shape index (κ1) is 20.1. The second kappa shape index (κ2) is 7.56. The summed E-state index contributed by atoms with van der Waals surface area (Å²) in [6, 6.07) is 4.04. The molecule has 0 spiro atoms. The SMILES string of the molecule is [C-]#[N+]c1cnc2[nH]ccc2c1-c1cnn(C2(CC#N)CN(S(=O)(=O)CCCC)C2)c1. The Morgan fingerprint density at radius 2 is 2.20 bits per heavy atom. The third kappa shape index (κ3) is 3.24. The van der Waals surface area contributed by atoms with Gasteiger partial charge in [0.2, 0.25) is 15.7 Å². The van der Waals surface area contributed by atoms with E-state index in [1.54, 1.807) is 23.3 Å². The van der Waals surface area contributed by atoms with E-state index in [2.05, 4.69) is 26.0 Å². The number of unbranched alkanes of at least 4 members (excludes halogenated alkanes) is 1. The van der Waals surface area contributed by atoms with Crippen LogP contribution in [0.2, 0.25) is 0 Å². The Balaban J connectivity index is 1.68. The molecule has 0 bridgehead atoms. The van der Waals surface area contributed by atoms with Gasteiger partial charge in [-0.1, -0.05) is 13.3 Å². The van der Waals surface area contributed by atoms with Crippen molar-refractivity contribution in [1.29, 1.82) is 5.26 Å². The van der Waals surface area contributed by atoms with Crippen molar-refractivity contribution in [2.24, 2.45) is 0 Å². The molecule has 0 aromatic carbocycles. The van der Waals surface area contributed by atoms with Gasteiger partial charge >= 0.3 is 0 Å². The number of nitrogens with zero attached hydrogens (tertiary/aromatic N) is 6. The minimum atomic E-state index is -3.33. The summed E-state index contributed by atoms with van der Waals surface area (Å²) < 4.78 is 28.1. The first-order chi connectivity index (χ1) is 14.4. The molecule has 1 fully saturated rings. The lowest BCUT2D eigenvalue weighted by atomic mass is 9.89. The molecule has 1 aliphatic rings. The zero-order valence-corrected chi connectivity index (χ0v) is 17.4. The molecule has 154 valence electrons. The monoisotopic (exact) mass is 423 g/mol. The topological polar surface area (TPSA) is 112 Å². The number of hydrogen-bond acceptors (Lipinski definition) is 5. The average Bonchev–Trinajstić information content (AvgIpc) is 3.37. The molecule has 10 heteroatoms. The molecular weight excluding hydrogens is 402 g/mol. The Kier molecular flexibility index (Phi) is 5.06. The molecule has 1 N–H and O–H groups in total. The van der Waals surface area contributed by atoms with Gasteiger partial charge in [-0.15, -0.1) is 0 Å². The van der Waals surface area contributed by atoms with E-state index in [4.69, 9.17) is 6.57 Å². The van der Waals surface area contributed by atoms with Crippen LogP contribution in [0.3, 0.4) is 0 Å². The van der Waals surface area contributed by atoms with E-state index in [0.717, 1.165) is 22.9 Å². The molecule has 1 saturated heterocycles. The van der Waals surface area contributed by atoms with Crippen molar-refractivity contribution >= 4 is 26.7 Å². The molecule has 0 aliphatic carbocycles. The minimum absolute atomic E-state index is 0.118. The van der Waals surface area contributed by atoms with Crippen LogP contribution >= 0.6 is 0 Å². The van der Waals surface area contributed by atoms with Crippen LogP contribution in [0.1, 0.15) is 26.2 Å². The summed E-state index contributed by atoms with van der Waals surface area (Å²) in [6.07, 6.45) is 8.31. The summed E-state index contributed by atoms with van der Waals surface area (Å²) in [5.41, 5.74) is 1.84. The third-order valence-electron chi connectivity index (χ3n) is 5.54. The van der Waals surface area contributed by atoms with Crippen LogP contribution in [-0.2, 0) is 15.6 Å². The van der Waals surface area contributed by atoms with Crippen LogP contribution in [-0.4, -0.2) is 51.3 Å². The Labute approximate surface area is 174 Å². The van der Waals surface area contributed by atoms with E-state index < -0.39 is 15.6 Å². The van der Waals surface area contributed by atoms with Crippen molar-refractivity contribution in [2.75, 3.05) is 18.8 Å². The second-order valence-corrected chi connectivity index (χ2v) is 9.63. The van der Waals surface area contributed by atoms with E-state index >= 15 is 0 Å². The van der Waals surface area contributed by atoms with Crippen LogP contribution in [0.25, 0.3) is 27.0 Å². The number of aromatic nitrogens is 4. The van der Waals surface area contributed by atoms with Gasteiger partial charge < -0.3 is 4.98 Å². The fourth-order valence-electron chi connectivity index (χ4n) is 3.84. The molecule has 30 heavy (non-hydrogen) atoms. The predicted octanol–water partition coefficient (Wildman–Crippen LogP) is 3.03. The molecule has 0 amide bonds. The maximum absolute atomic E-state index is 12.5. The van der Waals surface area contributed by atoms with Crippen LogP contribution in [0.15, 0.2) is 30.9 Å². The van der Waals surface area contributed by atoms with Crippen molar-refractivity contribution in [1.82, 2.24) is 24.1 Å². The number of fused-ring (bicyclic) bond motifs is 1. The van der Waals surface area contributed by atoms with Gasteiger partial charge in [0.15, 0.2) is 0 Å². The number of nitrogens with one attached hydrogen (secondary N) is 1. The Bertz CT molecular complexity index is 1270. The molecule has 3 aromatic heterocycles. The van der Waals surface area contributed by atoms with Gasteiger partial charge in [-0.05, 0) is 12.5 Å². The highest BCUT2D eigenvalue weighted by atomic mass is 32.2. The molecule has 0 unspecified atom stereocenters. The highest BCUT2D eigenvalue weighted by Gasteiger charge is 2.50. The maximum atomic E-state index is 12.5. The van der Waals surface area contributed by atoms with E-state index in [0.29, 0.717) is 17.8 Å². The third-order valence-corrected chi connectivity index (χ3v) is 7.39. The standard InChI is InChI=1S/C20H21N7O2S/c1-3-4-9-30(28,29)26-13-20(14-26,6-7-21)27-12-15(10-25-27)18-16-5-8-23-19(16)24-11-17(18)22-2/h5,8,10-12H,3-4,6,9,13-14H2,1H3,(H,23,24). The molecule has 9 nitrogen and oxygen atoms in total. The van der Waals surface area contributed by atoms with E-state index in [1.165, 1.54) is 10.5 Å². The number of pyridine rings is 1. The van der Waals surface area contributed by atoms with Crippen molar-refractivity contribution in [3.05, 3.63) is 42.3 Å². The lowest BCUT2D eigenvalue weighted by Gasteiger charge is -2.47. The Morgan fingerprint density at radius 1 is 1.40 bits per heavy atom. The maximum Gasteiger partial charge on any atom is 0.214 e. The predicted molar refractivity (Wildman–Crippen MR) is 112 cm³/mol. The van der Waals surface area contributed by atoms with E-state index in [9.17, 15) is 13.7 Å². The highest BCUT2D eigenvalue weighted by Crippen LogP contribution is 2.39. The van der Waals surface area contributed by atoms with Gasteiger partial charge in [-0.2, -0.15) is 14.7 Å². The summed E-state index contributed by atoms with van der Waals surface area (Å²) in [5, 5.41) is 14.6. The summed E-state index contributed by atoms with van der Waals surface area (Å²) in [5.74, 6) is 0.118. The second-order valence-electron chi connectivity index (χ2n) is 7.54. The van der Waals surface area contributed by atoms with Gasteiger partial charge in [0, 0.05) is 48.2 Å². The largest absolute Gasteiger partial charge is 0.346 e. The van der Waals surface area contributed by atoms with Gasteiger partial charge in [0.1, 0.15) is 11.2 Å². The average molecular weight is 424 g/mol. The van der Waals surface area contributed by atoms with Crippen molar-refractivity contribution in [2.45, 2.75) is 31.7 Å². The molecule has 0 atom stereocenters. The summed E-state index contributed by atoms with van der Waals surface area (Å²) >= 11 is 0. The van der Waals surface area contributed by atoms with Gasteiger partial charge in [-0.3, -0.25) is 9.67 Å². The van der Waals surface area contributed by atoms with Gasteiger partial charge in [0.25, 0.3) is 0 Å². The molecule has 0 saturated carbocycles. The number of aromatic amines is 1. The first-order valence-electron chi connectivity index (χ1n) is 9.68. The smallest absolute Gasteiger partial charge is 0.214 e. The molecule has 1 aliphatic heterocycles. The minimum Gasteiger partial charge on any atom is -0.346 e. The molecule has 4 rings (SSSR count). The van der Waals surface area contributed by atoms with Crippen LogP contribution < -0.4 is 0 Å². The van der Waals surface area contributed by atoms with Crippen molar-refractivity contribution < 1.29 is 8.42 Å². The molecule has 0 radical (unpaired) electrons. The van der Waals surface area contributed by atoms with Gasteiger partial charge in [-0.25, -0.2) is 13.3 Å². The Morgan fingerprint density at radius 3 is 2.90 bits per heavy atom. The van der Waals surface area contributed by atoms with Crippen molar-refractivity contribution in [3.63, 3.8) is 0 Å². The fourth-order valence-corrected chi connectivity index (χ4v) is 5.63. The number of H-pyrrole nitrogens is 1. The number of rotatable bonds is 7. The molecule has 3 aromatic rings. The number of hydrogen-bond donors (Lipinski definition) is 1. The summed E-state index contributed by atoms with van der Waals surface area (Å²) in [6.45, 7) is 9.88. The number of nitriles is 1. The summed E-state index contributed by atoms with van der Waals surface area (Å²) in [4.78, 5) is 10.9. The fraction of sp³-hybridized carbons (Fsp3) is 0.400. The number of sulfonamides is 1. The normalized spacial score (nSPS) is 16.1. The molecular formula is C20H21N7O2S. The highest BCUT2D eigenvalue weighted by molar-refractivity contribution is 7.89. The van der Waals surface area contributed by atoms with E-state index in [1.807, 2.05) is 13.0 Å². The molecule has 4 heterocycles. The Hall–Kier alpha value is -3.21. The first-order valence-corrected chi connectivity index (χ1v) is 11.3. The zero-order chi connectivity index (χ0) is 21.4. The van der Waals surface area contributed by atoms with Crippen LogP contribution in [0.4, 0.5) is 5.69 Å². The van der Waals surface area contributed by atoms with E-state index in [-0.39, 0.29) is 25.3 Å². The lowest BCUT2D eigenvalue weighted by Crippen LogP contribution is -2.64. The van der Waals surface area contributed by atoms with Crippen molar-refractivity contribution in [3.8, 4) is 17.2 Å². The zero-order valence-electron chi connectivity index (χ0n) is 16.5. The van der Waals surface area contributed by atoms with Crippen LogP contribution in [0.5, 0.6) is 0 Å². The van der Waals surface area contributed by atoms with Gasteiger partial charge in [0.05, 0.1) is 31.0 Å². The summed E-state index contributed by atoms with van der Waals surface area (Å²) in [7, 11) is -3.33. The van der Waals surface area contributed by atoms with Crippen LogP contribution in [0, 0.1) is 17.9 Å².